The fourth-order valence-corrected chi connectivity index (χ4v) is 2.72. The van der Waals surface area contributed by atoms with Crippen LogP contribution in [0.1, 0.15) is 36.1 Å². The Morgan fingerprint density at radius 2 is 1.91 bits per heavy atom. The standard InChI is InChI=1S/C17H18Cl2N2O2/c1-23-16(22)7-6-14(15-10-13(19)8-9-21-15)17(20)11-2-4-12(18)5-3-11/h2-5,8-10,14,17H,6-7,20H2,1H3/t14-,17-/m1/s1. The molecule has 0 bridgehead atoms. The number of ether oxygens (including phenoxy) is 1. The van der Waals surface area contributed by atoms with E-state index in [2.05, 4.69) is 4.98 Å². The largest absolute Gasteiger partial charge is 0.469 e. The van der Waals surface area contributed by atoms with Gasteiger partial charge in [0.15, 0.2) is 0 Å². The topological polar surface area (TPSA) is 65.2 Å². The summed E-state index contributed by atoms with van der Waals surface area (Å²) in [7, 11) is 1.37. The third-order valence-corrected chi connectivity index (χ3v) is 4.19. The molecular formula is C17H18Cl2N2O2. The van der Waals surface area contributed by atoms with Gasteiger partial charge in [0, 0.05) is 40.3 Å². The number of esters is 1. The highest BCUT2D eigenvalue weighted by atomic mass is 35.5. The lowest BCUT2D eigenvalue weighted by atomic mass is 9.87. The first kappa shape index (κ1) is 17.7. The predicted molar refractivity (Wildman–Crippen MR) is 91.6 cm³/mol. The van der Waals surface area contributed by atoms with Crippen molar-refractivity contribution in [1.29, 1.82) is 0 Å². The minimum atomic E-state index is -0.331. The number of methoxy groups -OCH3 is 1. The number of nitrogens with two attached hydrogens (primary N) is 1. The van der Waals surface area contributed by atoms with E-state index in [1.165, 1.54) is 7.11 Å². The molecule has 0 fully saturated rings. The number of carbonyl (C=O) groups excluding carboxylic acids is 1. The quantitative estimate of drug-likeness (QED) is 0.794. The van der Waals surface area contributed by atoms with Crippen LogP contribution >= 0.6 is 23.2 Å². The molecule has 1 aromatic heterocycles. The van der Waals surface area contributed by atoms with E-state index < -0.39 is 0 Å². The monoisotopic (exact) mass is 352 g/mol. The second kappa shape index (κ2) is 8.29. The highest BCUT2D eigenvalue weighted by Gasteiger charge is 2.24. The summed E-state index contributed by atoms with van der Waals surface area (Å²) in [6.07, 6.45) is 2.41. The summed E-state index contributed by atoms with van der Waals surface area (Å²) in [6.45, 7) is 0. The number of nitrogens with zero attached hydrogens (tertiary/aromatic N) is 1. The van der Waals surface area contributed by atoms with Crippen molar-refractivity contribution in [3.05, 3.63) is 63.9 Å². The summed E-state index contributed by atoms with van der Waals surface area (Å²) in [5.74, 6) is -0.436. The summed E-state index contributed by atoms with van der Waals surface area (Å²) in [5, 5.41) is 1.23. The molecule has 0 aliphatic heterocycles. The van der Waals surface area contributed by atoms with Crippen LogP contribution in [-0.4, -0.2) is 18.1 Å². The van der Waals surface area contributed by atoms with Crippen LogP contribution in [0.15, 0.2) is 42.6 Å². The average molecular weight is 353 g/mol. The second-order valence-electron chi connectivity index (χ2n) is 5.20. The lowest BCUT2D eigenvalue weighted by Crippen LogP contribution is -2.22. The van der Waals surface area contributed by atoms with Gasteiger partial charge in [-0.25, -0.2) is 0 Å². The smallest absolute Gasteiger partial charge is 0.305 e. The number of aromatic nitrogens is 1. The summed E-state index contributed by atoms with van der Waals surface area (Å²) in [6, 6.07) is 10.5. The third-order valence-electron chi connectivity index (χ3n) is 3.70. The van der Waals surface area contributed by atoms with Crippen molar-refractivity contribution < 1.29 is 9.53 Å². The maximum Gasteiger partial charge on any atom is 0.305 e. The Hall–Kier alpha value is -1.62. The van der Waals surface area contributed by atoms with Gasteiger partial charge >= 0.3 is 5.97 Å². The number of benzene rings is 1. The predicted octanol–water partition coefficient (Wildman–Crippen LogP) is 4.13. The molecule has 4 nitrogen and oxygen atoms in total. The Kier molecular flexibility index (Phi) is 6.39. The molecule has 2 aromatic rings. The molecule has 2 N–H and O–H groups in total. The molecule has 0 saturated heterocycles. The number of pyridine rings is 1. The highest BCUT2D eigenvalue weighted by Crippen LogP contribution is 2.33. The van der Waals surface area contributed by atoms with Crippen molar-refractivity contribution in [2.75, 3.05) is 7.11 Å². The van der Waals surface area contributed by atoms with E-state index in [0.29, 0.717) is 16.5 Å². The highest BCUT2D eigenvalue weighted by molar-refractivity contribution is 6.30. The van der Waals surface area contributed by atoms with Crippen LogP contribution in [0.3, 0.4) is 0 Å². The SMILES string of the molecule is COC(=O)CC[C@H](c1cc(Cl)ccn1)[C@H](N)c1ccc(Cl)cc1. The van der Waals surface area contributed by atoms with Gasteiger partial charge in [-0.1, -0.05) is 35.3 Å². The summed E-state index contributed by atoms with van der Waals surface area (Å²) in [5.41, 5.74) is 8.10. The van der Waals surface area contributed by atoms with Crippen molar-refractivity contribution in [3.8, 4) is 0 Å². The van der Waals surface area contributed by atoms with Gasteiger partial charge in [0.2, 0.25) is 0 Å². The van der Waals surface area contributed by atoms with Gasteiger partial charge in [-0.05, 0) is 36.2 Å². The van der Waals surface area contributed by atoms with Gasteiger partial charge in [0.05, 0.1) is 7.11 Å². The molecule has 0 spiro atoms. The fourth-order valence-electron chi connectivity index (χ4n) is 2.43. The number of hydrogen-bond donors (Lipinski definition) is 1. The minimum absolute atomic E-state index is 0.158. The first-order valence-electron chi connectivity index (χ1n) is 7.20. The molecule has 2 atom stereocenters. The van der Waals surface area contributed by atoms with E-state index in [4.69, 9.17) is 33.7 Å². The van der Waals surface area contributed by atoms with Gasteiger partial charge in [-0.2, -0.15) is 0 Å². The average Bonchev–Trinajstić information content (AvgIpc) is 2.55. The van der Waals surface area contributed by atoms with E-state index in [1.807, 2.05) is 12.1 Å². The molecule has 0 radical (unpaired) electrons. The molecule has 0 saturated carbocycles. The Morgan fingerprint density at radius 3 is 2.52 bits per heavy atom. The normalized spacial score (nSPS) is 13.4. The van der Waals surface area contributed by atoms with Crippen LogP contribution in [-0.2, 0) is 9.53 Å². The van der Waals surface area contributed by atoms with E-state index >= 15 is 0 Å². The van der Waals surface area contributed by atoms with E-state index in [1.54, 1.807) is 30.5 Å². The molecule has 1 heterocycles. The van der Waals surface area contributed by atoms with Crippen molar-refractivity contribution >= 4 is 29.2 Å². The van der Waals surface area contributed by atoms with Gasteiger partial charge < -0.3 is 10.5 Å². The Labute approximate surface area is 145 Å². The van der Waals surface area contributed by atoms with Crippen molar-refractivity contribution in [2.45, 2.75) is 24.8 Å². The van der Waals surface area contributed by atoms with Crippen molar-refractivity contribution in [3.63, 3.8) is 0 Å². The van der Waals surface area contributed by atoms with Crippen LogP contribution in [0.5, 0.6) is 0 Å². The van der Waals surface area contributed by atoms with Crippen LogP contribution in [0.4, 0.5) is 0 Å². The molecule has 2 rings (SSSR count). The van der Waals surface area contributed by atoms with E-state index in [0.717, 1.165) is 11.3 Å². The minimum Gasteiger partial charge on any atom is -0.469 e. The van der Waals surface area contributed by atoms with Gasteiger partial charge in [0.25, 0.3) is 0 Å². The fraction of sp³-hybridized carbons (Fsp3) is 0.294. The lowest BCUT2D eigenvalue weighted by Gasteiger charge is -2.24. The molecule has 1 aromatic carbocycles. The number of carbonyl (C=O) groups is 1. The van der Waals surface area contributed by atoms with E-state index in [-0.39, 0.29) is 24.3 Å². The van der Waals surface area contributed by atoms with Crippen molar-refractivity contribution in [1.82, 2.24) is 4.98 Å². The number of rotatable bonds is 6. The van der Waals surface area contributed by atoms with Gasteiger partial charge in [0.1, 0.15) is 0 Å². The van der Waals surface area contributed by atoms with Gasteiger partial charge in [-0.15, -0.1) is 0 Å². The van der Waals surface area contributed by atoms with Crippen LogP contribution < -0.4 is 5.73 Å². The van der Waals surface area contributed by atoms with Crippen molar-refractivity contribution in [2.24, 2.45) is 5.73 Å². The number of hydrogen-bond acceptors (Lipinski definition) is 4. The summed E-state index contributed by atoms with van der Waals surface area (Å²) >= 11 is 12.0. The zero-order valence-corrected chi connectivity index (χ0v) is 14.2. The maximum atomic E-state index is 11.5. The van der Waals surface area contributed by atoms with E-state index in [9.17, 15) is 4.79 Å². The zero-order valence-electron chi connectivity index (χ0n) is 12.7. The Morgan fingerprint density at radius 1 is 1.22 bits per heavy atom. The molecule has 0 aliphatic rings. The zero-order chi connectivity index (χ0) is 16.8. The second-order valence-corrected chi connectivity index (χ2v) is 6.07. The molecule has 0 unspecified atom stereocenters. The molecule has 122 valence electrons. The number of halogens is 2. The maximum absolute atomic E-state index is 11.5. The third kappa shape index (κ3) is 4.93. The van der Waals surface area contributed by atoms with Gasteiger partial charge in [-0.3, -0.25) is 9.78 Å². The Bertz CT molecular complexity index is 662. The van der Waals surface area contributed by atoms with Crippen LogP contribution in [0, 0.1) is 0 Å². The first-order chi connectivity index (χ1) is 11.0. The molecule has 23 heavy (non-hydrogen) atoms. The summed E-state index contributed by atoms with van der Waals surface area (Å²) in [4.78, 5) is 15.9. The molecule has 6 heteroatoms. The molecule has 0 aliphatic carbocycles. The Balaban J connectivity index is 2.28. The molecule has 0 amide bonds. The summed E-state index contributed by atoms with van der Waals surface area (Å²) < 4.78 is 4.72. The first-order valence-corrected chi connectivity index (χ1v) is 7.96. The van der Waals surface area contributed by atoms with Crippen LogP contribution in [0.25, 0.3) is 0 Å². The molecular weight excluding hydrogens is 335 g/mol. The van der Waals surface area contributed by atoms with Crippen LogP contribution in [0.2, 0.25) is 10.0 Å². The lowest BCUT2D eigenvalue weighted by molar-refractivity contribution is -0.140.